The van der Waals surface area contributed by atoms with Crippen molar-refractivity contribution in [2.75, 3.05) is 50.0 Å². The van der Waals surface area contributed by atoms with Crippen LogP contribution in [-0.4, -0.2) is 69.4 Å². The summed E-state index contributed by atoms with van der Waals surface area (Å²) >= 11 is 7.63. The van der Waals surface area contributed by atoms with E-state index in [-0.39, 0.29) is 23.0 Å². The second-order valence-electron chi connectivity index (χ2n) is 7.96. The molecule has 3 aromatic rings. The highest BCUT2D eigenvalue weighted by atomic mass is 35.5. The number of hydrogen-bond donors (Lipinski definition) is 0. The zero-order chi connectivity index (χ0) is 24.1. The van der Waals surface area contributed by atoms with Crippen molar-refractivity contribution in [1.29, 1.82) is 0 Å². The molecule has 0 unspecified atom stereocenters. The van der Waals surface area contributed by atoms with Gasteiger partial charge in [0.15, 0.2) is 15.0 Å². The van der Waals surface area contributed by atoms with Crippen LogP contribution in [0.25, 0.3) is 10.2 Å². The smallest absolute Gasteiger partial charge is 0.229 e. The van der Waals surface area contributed by atoms with Crippen molar-refractivity contribution in [3.8, 4) is 0 Å². The highest BCUT2D eigenvalue weighted by molar-refractivity contribution is 7.91. The summed E-state index contributed by atoms with van der Waals surface area (Å²) in [5.41, 5.74) is 0.620. The molecule has 34 heavy (non-hydrogen) atoms. The molecule has 1 saturated heterocycles. The number of aromatic nitrogens is 1. The van der Waals surface area contributed by atoms with Crippen LogP contribution in [0.15, 0.2) is 47.4 Å². The zero-order valence-electron chi connectivity index (χ0n) is 18.5. The summed E-state index contributed by atoms with van der Waals surface area (Å²) in [4.78, 5) is 21.6. The predicted octanol–water partition coefficient (Wildman–Crippen LogP) is 4.01. The fourth-order valence-corrected chi connectivity index (χ4v) is 6.28. The van der Waals surface area contributed by atoms with Crippen molar-refractivity contribution in [3.63, 3.8) is 0 Å². The number of fused-ring (bicyclic) bond motifs is 1. The van der Waals surface area contributed by atoms with E-state index in [2.05, 4.69) is 9.88 Å². The Morgan fingerprint density at radius 2 is 1.91 bits per heavy atom. The lowest BCUT2D eigenvalue weighted by molar-refractivity contribution is -0.118. The van der Waals surface area contributed by atoms with Crippen molar-refractivity contribution >= 4 is 54.0 Å². The van der Waals surface area contributed by atoms with Crippen LogP contribution < -0.4 is 4.90 Å². The molecule has 7 nitrogen and oxygen atoms in total. The lowest BCUT2D eigenvalue weighted by Crippen LogP contribution is -2.39. The Morgan fingerprint density at radius 3 is 2.62 bits per heavy atom. The topological polar surface area (TPSA) is 79.8 Å². The molecule has 11 heteroatoms. The number of halogens is 2. The summed E-state index contributed by atoms with van der Waals surface area (Å²) < 4.78 is 44.7. The number of rotatable bonds is 9. The lowest BCUT2D eigenvalue weighted by Gasteiger charge is -2.27. The standard InChI is InChI=1S/C23H25ClFN3O4S2/c24-19-3-1-4-20-22(19)26-23(33-20)28(11-2-10-27-12-14-32-15-13-27)21(29)9-16-34(30,31)18-7-5-17(25)6-8-18/h1,3-8H,2,9-16H2. The Bertz CT molecular complexity index is 1240. The van der Waals surface area contributed by atoms with Gasteiger partial charge < -0.3 is 4.74 Å². The molecule has 2 heterocycles. The Hall–Kier alpha value is -2.11. The number of nitrogens with zero attached hydrogens (tertiary/aromatic N) is 3. The highest BCUT2D eigenvalue weighted by Crippen LogP contribution is 2.33. The molecule has 1 aliphatic heterocycles. The van der Waals surface area contributed by atoms with Crippen molar-refractivity contribution in [1.82, 2.24) is 9.88 Å². The first kappa shape index (κ1) is 25.0. The Balaban J connectivity index is 1.49. The van der Waals surface area contributed by atoms with Gasteiger partial charge in [-0.25, -0.2) is 17.8 Å². The van der Waals surface area contributed by atoms with Gasteiger partial charge in [0.1, 0.15) is 11.3 Å². The van der Waals surface area contributed by atoms with Gasteiger partial charge in [0, 0.05) is 32.6 Å². The fourth-order valence-electron chi connectivity index (χ4n) is 3.74. The fraction of sp³-hybridized carbons (Fsp3) is 0.391. The molecule has 0 atom stereocenters. The van der Waals surface area contributed by atoms with Crippen molar-refractivity contribution < 1.29 is 22.3 Å². The van der Waals surface area contributed by atoms with E-state index < -0.39 is 15.7 Å². The summed E-state index contributed by atoms with van der Waals surface area (Å²) in [5.74, 6) is -1.22. The van der Waals surface area contributed by atoms with E-state index in [9.17, 15) is 17.6 Å². The molecule has 1 aromatic heterocycles. The first-order chi connectivity index (χ1) is 16.3. The Kier molecular flexibility index (Phi) is 8.15. The number of amides is 1. The van der Waals surface area contributed by atoms with Crippen LogP contribution in [0.3, 0.4) is 0 Å². The van der Waals surface area contributed by atoms with Crippen molar-refractivity contribution in [2.24, 2.45) is 0 Å². The van der Waals surface area contributed by atoms with Crippen molar-refractivity contribution in [3.05, 3.63) is 53.3 Å². The normalized spacial score (nSPS) is 15.0. The minimum atomic E-state index is -3.73. The molecule has 0 spiro atoms. The summed E-state index contributed by atoms with van der Waals surface area (Å²) in [7, 11) is -3.73. The number of anilines is 1. The van der Waals surface area contributed by atoms with E-state index in [4.69, 9.17) is 16.3 Å². The first-order valence-corrected chi connectivity index (χ1v) is 13.8. The third-order valence-electron chi connectivity index (χ3n) is 5.61. The van der Waals surface area contributed by atoms with E-state index in [0.29, 0.717) is 41.9 Å². The highest BCUT2D eigenvalue weighted by Gasteiger charge is 2.24. The molecule has 182 valence electrons. The maximum atomic E-state index is 13.2. The molecule has 2 aromatic carbocycles. The van der Waals surface area contributed by atoms with Gasteiger partial charge in [0.05, 0.1) is 33.6 Å². The average molecular weight is 526 g/mol. The number of benzene rings is 2. The molecular formula is C23H25ClFN3O4S2. The van der Waals surface area contributed by atoms with Crippen LogP contribution >= 0.6 is 22.9 Å². The maximum Gasteiger partial charge on any atom is 0.229 e. The Labute approximate surface area is 207 Å². The van der Waals surface area contributed by atoms with Gasteiger partial charge in [-0.05, 0) is 42.8 Å². The van der Waals surface area contributed by atoms with E-state index in [1.54, 1.807) is 11.0 Å². The van der Waals surface area contributed by atoms with Crippen LogP contribution in [0, 0.1) is 5.82 Å². The van der Waals surface area contributed by atoms with Gasteiger partial charge in [-0.2, -0.15) is 0 Å². The molecule has 0 radical (unpaired) electrons. The van der Waals surface area contributed by atoms with Crippen molar-refractivity contribution in [2.45, 2.75) is 17.7 Å². The molecule has 0 saturated carbocycles. The van der Waals surface area contributed by atoms with Crippen LogP contribution in [0.5, 0.6) is 0 Å². The van der Waals surface area contributed by atoms with Gasteiger partial charge in [0.25, 0.3) is 0 Å². The monoisotopic (exact) mass is 525 g/mol. The van der Waals surface area contributed by atoms with Gasteiger partial charge in [0.2, 0.25) is 5.91 Å². The summed E-state index contributed by atoms with van der Waals surface area (Å²) in [5, 5.41) is 0.994. The zero-order valence-corrected chi connectivity index (χ0v) is 20.8. The van der Waals surface area contributed by atoms with Gasteiger partial charge in [-0.15, -0.1) is 0 Å². The molecule has 4 rings (SSSR count). The predicted molar refractivity (Wildman–Crippen MR) is 132 cm³/mol. The molecule has 0 bridgehead atoms. The van der Waals surface area contributed by atoms with E-state index in [0.717, 1.165) is 36.5 Å². The molecule has 1 amide bonds. The lowest BCUT2D eigenvalue weighted by atomic mass is 10.3. The van der Waals surface area contributed by atoms with E-state index in [1.165, 1.54) is 23.5 Å². The number of carbonyl (C=O) groups excluding carboxylic acids is 1. The third-order valence-corrected chi connectivity index (χ3v) is 8.69. The molecule has 1 aliphatic rings. The number of para-hydroxylation sites is 1. The van der Waals surface area contributed by atoms with Crippen LogP contribution in [-0.2, 0) is 19.4 Å². The number of thiazole rings is 1. The van der Waals surface area contributed by atoms with Crippen LogP contribution in [0.2, 0.25) is 5.02 Å². The third kappa shape index (κ3) is 6.11. The largest absolute Gasteiger partial charge is 0.379 e. The summed E-state index contributed by atoms with van der Waals surface area (Å²) in [6.07, 6.45) is 0.501. The first-order valence-electron chi connectivity index (χ1n) is 11.0. The van der Waals surface area contributed by atoms with E-state index in [1.807, 2.05) is 12.1 Å². The molecule has 1 fully saturated rings. The second-order valence-corrected chi connectivity index (χ2v) is 11.5. The maximum absolute atomic E-state index is 13.2. The number of morpholine rings is 1. The quantitative estimate of drug-likeness (QED) is 0.393. The number of carbonyl (C=O) groups is 1. The number of sulfone groups is 1. The van der Waals surface area contributed by atoms with Crippen LogP contribution in [0.4, 0.5) is 9.52 Å². The summed E-state index contributed by atoms with van der Waals surface area (Å²) in [6.45, 7) is 4.29. The minimum absolute atomic E-state index is 0.00710. The Morgan fingerprint density at radius 1 is 1.18 bits per heavy atom. The number of ether oxygens (including phenoxy) is 1. The average Bonchev–Trinajstić information content (AvgIpc) is 3.27. The summed E-state index contributed by atoms with van der Waals surface area (Å²) in [6, 6.07) is 10.1. The van der Waals surface area contributed by atoms with Gasteiger partial charge >= 0.3 is 0 Å². The SMILES string of the molecule is O=C(CCS(=O)(=O)c1ccc(F)cc1)N(CCCN1CCOCC1)c1nc2c(Cl)cccc2s1. The van der Waals surface area contributed by atoms with Gasteiger partial charge in [-0.3, -0.25) is 14.6 Å². The molecular weight excluding hydrogens is 501 g/mol. The molecule has 0 N–H and O–H groups in total. The number of hydrogen-bond acceptors (Lipinski definition) is 7. The van der Waals surface area contributed by atoms with Crippen LogP contribution in [0.1, 0.15) is 12.8 Å². The second kappa shape index (κ2) is 11.1. The van der Waals surface area contributed by atoms with Gasteiger partial charge in [-0.1, -0.05) is 29.0 Å². The minimum Gasteiger partial charge on any atom is -0.379 e. The van der Waals surface area contributed by atoms with E-state index >= 15 is 0 Å². The molecule has 0 aliphatic carbocycles.